The van der Waals surface area contributed by atoms with E-state index in [1.165, 1.54) is 0 Å². The Balaban J connectivity index is 2.14. The Hall–Kier alpha value is -1.11. The van der Waals surface area contributed by atoms with E-state index in [-0.39, 0.29) is 36.5 Å². The average molecular weight is 316 g/mol. The summed E-state index contributed by atoms with van der Waals surface area (Å²) in [6, 6.07) is -0.533. The fourth-order valence-electron chi connectivity index (χ4n) is 2.96. The van der Waals surface area contributed by atoms with Gasteiger partial charge in [0.2, 0.25) is 11.8 Å². The zero-order chi connectivity index (χ0) is 15.6. The van der Waals surface area contributed by atoms with Crippen molar-refractivity contribution in [1.82, 2.24) is 10.2 Å². The largest absolute Gasteiger partial charge is 0.344 e. The summed E-state index contributed by atoms with van der Waals surface area (Å²) in [4.78, 5) is 25.9. The van der Waals surface area contributed by atoms with Gasteiger partial charge in [-0.15, -0.1) is 0 Å². The smallest absolute Gasteiger partial charge is 0.245 e. The van der Waals surface area contributed by atoms with Crippen LogP contribution in [0.2, 0.25) is 0 Å². The lowest BCUT2D eigenvalue weighted by molar-refractivity contribution is -0.134. The topological polar surface area (TPSA) is 83.6 Å². The zero-order valence-electron chi connectivity index (χ0n) is 12.7. The first-order chi connectivity index (χ1) is 9.85. The van der Waals surface area contributed by atoms with E-state index in [0.717, 1.165) is 6.42 Å². The number of sulfone groups is 1. The van der Waals surface area contributed by atoms with E-state index in [0.29, 0.717) is 19.4 Å². The molecule has 2 heterocycles. The van der Waals surface area contributed by atoms with E-state index in [2.05, 4.69) is 5.32 Å². The standard InChI is InChI=1S/C14H24N2O4S/c1-3-10(2)13-14(18)16(7-6-12(17)15-13)9-11-5-4-8-21(11,19)20/h10-11,13H,3-9H2,1-2H3,(H,15,17). The molecule has 2 amide bonds. The summed E-state index contributed by atoms with van der Waals surface area (Å²) in [6.45, 7) is 4.44. The molecule has 0 bridgehead atoms. The maximum atomic E-state index is 12.6. The van der Waals surface area contributed by atoms with Crippen LogP contribution >= 0.6 is 0 Å². The maximum absolute atomic E-state index is 12.6. The molecule has 120 valence electrons. The van der Waals surface area contributed by atoms with E-state index >= 15 is 0 Å². The maximum Gasteiger partial charge on any atom is 0.245 e. The van der Waals surface area contributed by atoms with E-state index in [1.807, 2.05) is 13.8 Å². The van der Waals surface area contributed by atoms with Crippen LogP contribution in [0.1, 0.15) is 39.5 Å². The molecular weight excluding hydrogens is 292 g/mol. The predicted octanol–water partition coefficient (Wildman–Crippen LogP) is 0.327. The minimum absolute atomic E-state index is 0.0437. The molecule has 3 unspecified atom stereocenters. The number of nitrogens with one attached hydrogen (secondary N) is 1. The van der Waals surface area contributed by atoms with Crippen LogP contribution in [0.15, 0.2) is 0 Å². The van der Waals surface area contributed by atoms with Gasteiger partial charge in [-0.25, -0.2) is 8.42 Å². The van der Waals surface area contributed by atoms with E-state index in [4.69, 9.17) is 0 Å². The minimum Gasteiger partial charge on any atom is -0.344 e. The average Bonchev–Trinajstić information content (AvgIpc) is 2.70. The van der Waals surface area contributed by atoms with Gasteiger partial charge in [-0.2, -0.15) is 0 Å². The summed E-state index contributed by atoms with van der Waals surface area (Å²) in [5.74, 6) is -0.0176. The number of nitrogens with zero attached hydrogens (tertiary/aromatic N) is 1. The summed E-state index contributed by atoms with van der Waals surface area (Å²) >= 11 is 0. The van der Waals surface area contributed by atoms with Gasteiger partial charge in [-0.05, 0) is 18.8 Å². The van der Waals surface area contributed by atoms with Crippen molar-refractivity contribution in [2.75, 3.05) is 18.8 Å². The van der Waals surface area contributed by atoms with Crippen molar-refractivity contribution in [3.63, 3.8) is 0 Å². The highest BCUT2D eigenvalue weighted by molar-refractivity contribution is 7.92. The number of amides is 2. The van der Waals surface area contributed by atoms with E-state index < -0.39 is 21.1 Å². The van der Waals surface area contributed by atoms with E-state index in [1.54, 1.807) is 4.90 Å². The molecule has 7 heteroatoms. The van der Waals surface area contributed by atoms with Crippen molar-refractivity contribution in [2.45, 2.75) is 50.8 Å². The Labute approximate surface area is 126 Å². The molecule has 0 radical (unpaired) electrons. The minimum atomic E-state index is -3.08. The normalized spacial score (nSPS) is 30.9. The number of rotatable bonds is 4. The third-order valence-electron chi connectivity index (χ3n) is 4.60. The van der Waals surface area contributed by atoms with Gasteiger partial charge in [0.25, 0.3) is 0 Å². The fraction of sp³-hybridized carbons (Fsp3) is 0.857. The Morgan fingerprint density at radius 3 is 2.67 bits per heavy atom. The molecule has 2 aliphatic rings. The van der Waals surface area contributed by atoms with Gasteiger partial charge in [-0.1, -0.05) is 20.3 Å². The second-order valence-corrected chi connectivity index (χ2v) is 8.50. The molecule has 0 aliphatic carbocycles. The molecule has 6 nitrogen and oxygen atoms in total. The Kier molecular flexibility index (Phi) is 4.91. The van der Waals surface area contributed by atoms with Crippen molar-refractivity contribution in [3.05, 3.63) is 0 Å². The zero-order valence-corrected chi connectivity index (χ0v) is 13.5. The Morgan fingerprint density at radius 1 is 1.38 bits per heavy atom. The number of hydrogen-bond donors (Lipinski definition) is 1. The third kappa shape index (κ3) is 3.56. The Bertz CT molecular complexity index is 517. The molecule has 2 rings (SSSR count). The SMILES string of the molecule is CCC(C)C1NC(=O)CCN(CC2CCCS2(=O)=O)C1=O. The Morgan fingerprint density at radius 2 is 2.10 bits per heavy atom. The predicted molar refractivity (Wildman–Crippen MR) is 79.4 cm³/mol. The summed E-state index contributed by atoms with van der Waals surface area (Å²) < 4.78 is 23.9. The van der Waals surface area contributed by atoms with Gasteiger partial charge < -0.3 is 10.2 Å². The lowest BCUT2D eigenvalue weighted by Crippen LogP contribution is -2.50. The highest BCUT2D eigenvalue weighted by atomic mass is 32.2. The van der Waals surface area contributed by atoms with Gasteiger partial charge in [0.15, 0.2) is 9.84 Å². The second-order valence-electron chi connectivity index (χ2n) is 6.10. The van der Waals surface area contributed by atoms with Gasteiger partial charge in [0.1, 0.15) is 6.04 Å². The van der Waals surface area contributed by atoms with Gasteiger partial charge in [0, 0.05) is 19.5 Å². The van der Waals surface area contributed by atoms with Crippen molar-refractivity contribution < 1.29 is 18.0 Å². The van der Waals surface area contributed by atoms with Crippen LogP contribution in [0, 0.1) is 5.92 Å². The van der Waals surface area contributed by atoms with Gasteiger partial charge in [0.05, 0.1) is 11.0 Å². The molecule has 2 saturated heterocycles. The van der Waals surface area contributed by atoms with Crippen molar-refractivity contribution >= 4 is 21.7 Å². The molecule has 0 saturated carbocycles. The molecule has 0 aromatic carbocycles. The highest BCUT2D eigenvalue weighted by Gasteiger charge is 2.38. The fourth-order valence-corrected chi connectivity index (χ4v) is 4.80. The number of carbonyl (C=O) groups is 2. The second kappa shape index (κ2) is 6.34. The number of hydrogen-bond acceptors (Lipinski definition) is 4. The first kappa shape index (κ1) is 16.3. The molecule has 0 spiro atoms. The monoisotopic (exact) mass is 316 g/mol. The lowest BCUT2D eigenvalue weighted by Gasteiger charge is -2.28. The third-order valence-corrected chi connectivity index (χ3v) is 6.86. The van der Waals surface area contributed by atoms with Crippen molar-refractivity contribution in [3.8, 4) is 0 Å². The quantitative estimate of drug-likeness (QED) is 0.810. The first-order valence-corrected chi connectivity index (χ1v) is 9.36. The van der Waals surface area contributed by atoms with Crippen LogP contribution in [-0.2, 0) is 19.4 Å². The molecule has 2 aliphatic heterocycles. The van der Waals surface area contributed by atoms with Crippen molar-refractivity contribution in [2.24, 2.45) is 5.92 Å². The summed E-state index contributed by atoms with van der Waals surface area (Å²) in [5.41, 5.74) is 0. The molecule has 2 fully saturated rings. The van der Waals surface area contributed by atoms with Crippen LogP contribution in [0.5, 0.6) is 0 Å². The van der Waals surface area contributed by atoms with Crippen LogP contribution in [-0.4, -0.2) is 55.3 Å². The molecule has 0 aromatic rings. The molecular formula is C14H24N2O4S. The molecule has 21 heavy (non-hydrogen) atoms. The van der Waals surface area contributed by atoms with Gasteiger partial charge >= 0.3 is 0 Å². The first-order valence-electron chi connectivity index (χ1n) is 7.65. The summed E-state index contributed by atoms with van der Waals surface area (Å²) in [7, 11) is -3.08. The van der Waals surface area contributed by atoms with Crippen LogP contribution in [0.3, 0.4) is 0 Å². The summed E-state index contributed by atoms with van der Waals surface area (Å²) in [6.07, 6.45) is 2.31. The molecule has 0 aromatic heterocycles. The lowest BCUT2D eigenvalue weighted by atomic mass is 9.98. The van der Waals surface area contributed by atoms with Crippen LogP contribution < -0.4 is 5.32 Å². The van der Waals surface area contributed by atoms with Gasteiger partial charge in [-0.3, -0.25) is 9.59 Å². The van der Waals surface area contributed by atoms with Crippen LogP contribution in [0.4, 0.5) is 0 Å². The highest BCUT2D eigenvalue weighted by Crippen LogP contribution is 2.23. The van der Waals surface area contributed by atoms with Crippen LogP contribution in [0.25, 0.3) is 0 Å². The number of carbonyl (C=O) groups excluding carboxylic acids is 2. The van der Waals surface area contributed by atoms with Crippen molar-refractivity contribution in [1.29, 1.82) is 0 Å². The molecule has 3 atom stereocenters. The van der Waals surface area contributed by atoms with E-state index in [9.17, 15) is 18.0 Å². The molecule has 1 N–H and O–H groups in total. The summed E-state index contributed by atoms with van der Waals surface area (Å²) in [5, 5.41) is 2.31.